The Morgan fingerprint density at radius 3 is 2.23 bits per heavy atom. The third-order valence-corrected chi connectivity index (χ3v) is 11.5. The summed E-state index contributed by atoms with van der Waals surface area (Å²) in [6, 6.07) is 0. The molecule has 4 rings (SSSR count). The van der Waals surface area contributed by atoms with Crippen molar-refractivity contribution in [1.82, 2.24) is 0 Å². The van der Waals surface area contributed by atoms with E-state index in [2.05, 4.69) is 13.0 Å². The van der Waals surface area contributed by atoms with Crippen molar-refractivity contribution in [2.45, 2.75) is 111 Å². The van der Waals surface area contributed by atoms with E-state index < -0.39 is 62.7 Å². The second-order valence-electron chi connectivity index (χ2n) is 14.8. The van der Waals surface area contributed by atoms with Crippen molar-refractivity contribution in [3.05, 3.63) is 23.8 Å². The number of carbonyl (C=O) groups excluding carboxylic acids is 4. The first-order valence-corrected chi connectivity index (χ1v) is 14.4. The van der Waals surface area contributed by atoms with Crippen molar-refractivity contribution in [2.75, 3.05) is 0 Å². The van der Waals surface area contributed by atoms with Crippen LogP contribution in [-0.2, 0) is 23.9 Å². The van der Waals surface area contributed by atoms with Gasteiger partial charge < -0.3 is 20.1 Å². The molecule has 9 atom stereocenters. The van der Waals surface area contributed by atoms with Crippen molar-refractivity contribution < 1.29 is 39.2 Å². The first kappa shape index (κ1) is 30.8. The molecule has 222 valence electrons. The minimum atomic E-state index is -1.99. The quantitative estimate of drug-likeness (QED) is 0.265. The summed E-state index contributed by atoms with van der Waals surface area (Å²) in [4.78, 5) is 52.1. The number of aliphatic hydroxyl groups is 3. The summed E-state index contributed by atoms with van der Waals surface area (Å²) in [5, 5.41) is 34.0. The van der Waals surface area contributed by atoms with E-state index in [4.69, 9.17) is 4.74 Å². The first-order chi connectivity index (χ1) is 18.1. The average Bonchev–Trinajstić information content (AvgIpc) is 3.01. The molecule has 3 fully saturated rings. The molecule has 8 nitrogen and oxygen atoms in total. The van der Waals surface area contributed by atoms with Gasteiger partial charge in [0.05, 0.1) is 6.10 Å². The highest BCUT2D eigenvalue weighted by Gasteiger charge is 2.74. The summed E-state index contributed by atoms with van der Waals surface area (Å²) < 4.78 is 5.23. The highest BCUT2D eigenvalue weighted by molar-refractivity contribution is 5.98. The molecule has 0 heterocycles. The second kappa shape index (κ2) is 9.17. The molecule has 0 aromatic carbocycles. The number of fused-ring (bicyclic) bond motifs is 5. The van der Waals surface area contributed by atoms with Gasteiger partial charge in [-0.25, -0.2) is 0 Å². The predicted molar refractivity (Wildman–Crippen MR) is 148 cm³/mol. The van der Waals surface area contributed by atoms with Gasteiger partial charge in [0.15, 0.2) is 11.6 Å². The van der Waals surface area contributed by atoms with Crippen LogP contribution in [0.4, 0.5) is 0 Å². The lowest BCUT2D eigenvalue weighted by Crippen LogP contribution is -2.65. The number of hydrogen-bond acceptors (Lipinski definition) is 8. The molecule has 0 aromatic rings. The Morgan fingerprint density at radius 1 is 1.05 bits per heavy atom. The molecular weight excluding hydrogens is 512 g/mol. The molecule has 3 N–H and O–H groups in total. The summed E-state index contributed by atoms with van der Waals surface area (Å²) >= 11 is 0. The lowest BCUT2D eigenvalue weighted by molar-refractivity contribution is -0.183. The Balaban J connectivity index is 1.75. The lowest BCUT2D eigenvalue weighted by Gasteiger charge is -2.64. The summed E-state index contributed by atoms with van der Waals surface area (Å²) in [5.41, 5.74) is -5.43. The van der Waals surface area contributed by atoms with Crippen molar-refractivity contribution >= 4 is 23.3 Å². The minimum Gasteiger partial charge on any atom is -0.456 e. The first-order valence-electron chi connectivity index (χ1n) is 14.4. The molecule has 0 amide bonds. The van der Waals surface area contributed by atoms with E-state index in [1.165, 1.54) is 26.0 Å². The zero-order chi connectivity index (χ0) is 30.4. The second-order valence-corrected chi connectivity index (χ2v) is 14.8. The maximum atomic E-state index is 14.3. The molecule has 0 aromatic heterocycles. The van der Waals surface area contributed by atoms with Gasteiger partial charge in [-0.15, -0.1) is 0 Å². The van der Waals surface area contributed by atoms with Crippen LogP contribution in [0.3, 0.4) is 0 Å². The number of carbonyl (C=O) groups is 4. The van der Waals surface area contributed by atoms with Gasteiger partial charge in [-0.05, 0) is 88.7 Å². The van der Waals surface area contributed by atoms with E-state index in [1.807, 2.05) is 27.7 Å². The number of allylic oxidation sites excluding steroid dienone is 2. The molecule has 0 radical (unpaired) electrons. The van der Waals surface area contributed by atoms with Crippen molar-refractivity contribution in [3.63, 3.8) is 0 Å². The van der Waals surface area contributed by atoms with E-state index in [0.717, 1.165) is 5.57 Å². The SMILES string of the molecule is CC(=O)OC(C)(C)/C=C/C(=O)[C@@](C)(O)[C@H]1[C@H](O)C[C@@]2(C)[C@H]3CC=C4[C@@H](C[C@@H](O)C(=O)C4(C)C)[C@]3(C)C(=O)C[C@@]12C. The van der Waals surface area contributed by atoms with Gasteiger partial charge in [0.1, 0.15) is 23.1 Å². The molecule has 0 spiro atoms. The number of esters is 1. The van der Waals surface area contributed by atoms with Crippen LogP contribution >= 0.6 is 0 Å². The third kappa shape index (κ3) is 4.11. The molecule has 0 unspecified atom stereocenters. The maximum absolute atomic E-state index is 14.3. The minimum absolute atomic E-state index is 0.0284. The van der Waals surface area contributed by atoms with Gasteiger partial charge in [0, 0.05) is 30.1 Å². The van der Waals surface area contributed by atoms with Gasteiger partial charge in [-0.1, -0.05) is 32.4 Å². The molecule has 8 heteroatoms. The molecule has 0 bridgehead atoms. The van der Waals surface area contributed by atoms with Gasteiger partial charge >= 0.3 is 5.97 Å². The molecule has 0 aliphatic heterocycles. The van der Waals surface area contributed by atoms with E-state index in [9.17, 15) is 34.5 Å². The summed E-state index contributed by atoms with van der Waals surface area (Å²) in [6.07, 6.45) is 3.55. The summed E-state index contributed by atoms with van der Waals surface area (Å²) in [6.45, 7) is 15.4. The number of hydrogen-bond donors (Lipinski definition) is 3. The van der Waals surface area contributed by atoms with Crippen LogP contribution in [0.1, 0.15) is 88.0 Å². The standard InChI is InChI=1S/C32H46O8/c1-17(33)40-27(2,3)13-12-23(36)32(9,39)25-21(35)15-29(6)22-11-10-18-19(14-20(34)26(38)28(18,4)5)31(22,8)24(37)16-30(25,29)7/h10,12-13,19-22,25,34-35,39H,11,14-16H2,1-9H3/b13-12+/t19-,20-,21-,22-,25+,29+,30+,31+,32-/m1/s1. The number of rotatable bonds is 5. The number of ketones is 3. The normalized spacial score (nSPS) is 42.4. The summed E-state index contributed by atoms with van der Waals surface area (Å²) in [7, 11) is 0. The van der Waals surface area contributed by atoms with Crippen LogP contribution in [0.25, 0.3) is 0 Å². The van der Waals surface area contributed by atoms with Crippen LogP contribution in [0.5, 0.6) is 0 Å². The zero-order valence-corrected chi connectivity index (χ0v) is 25.3. The van der Waals surface area contributed by atoms with Crippen LogP contribution in [0, 0.1) is 39.4 Å². The van der Waals surface area contributed by atoms with Crippen LogP contribution in [-0.4, -0.2) is 62.0 Å². The highest BCUT2D eigenvalue weighted by Crippen LogP contribution is 2.74. The van der Waals surface area contributed by atoms with Gasteiger partial charge in [-0.3, -0.25) is 19.2 Å². The molecule has 3 saturated carbocycles. The molecule has 40 heavy (non-hydrogen) atoms. The molecular formula is C32H46O8. The molecule has 4 aliphatic carbocycles. The van der Waals surface area contributed by atoms with E-state index in [-0.39, 0.29) is 36.2 Å². The third-order valence-electron chi connectivity index (χ3n) is 11.5. The van der Waals surface area contributed by atoms with Gasteiger partial charge in [0.2, 0.25) is 0 Å². The van der Waals surface area contributed by atoms with Crippen LogP contribution in [0.15, 0.2) is 23.8 Å². The van der Waals surface area contributed by atoms with Crippen LogP contribution in [0.2, 0.25) is 0 Å². The Kier molecular flexibility index (Phi) is 7.06. The Bertz CT molecular complexity index is 1210. The Labute approximate surface area is 237 Å². The topological polar surface area (TPSA) is 138 Å². The van der Waals surface area contributed by atoms with E-state index >= 15 is 0 Å². The summed E-state index contributed by atoms with van der Waals surface area (Å²) in [5.74, 6) is -2.85. The predicted octanol–water partition coefficient (Wildman–Crippen LogP) is 3.50. The fourth-order valence-electron chi connectivity index (χ4n) is 9.40. The number of Topliss-reactive ketones (excluding diaryl/α,β-unsaturated/α-hetero) is 2. The average molecular weight is 559 g/mol. The van der Waals surface area contributed by atoms with Crippen molar-refractivity contribution in [3.8, 4) is 0 Å². The molecule has 4 aliphatic rings. The van der Waals surface area contributed by atoms with Crippen molar-refractivity contribution in [2.24, 2.45) is 39.4 Å². The largest absolute Gasteiger partial charge is 0.456 e. The fourth-order valence-corrected chi connectivity index (χ4v) is 9.40. The monoisotopic (exact) mass is 558 g/mol. The highest BCUT2D eigenvalue weighted by atomic mass is 16.6. The lowest BCUT2D eigenvalue weighted by atomic mass is 9.38. The van der Waals surface area contributed by atoms with Crippen molar-refractivity contribution in [1.29, 1.82) is 0 Å². The van der Waals surface area contributed by atoms with Gasteiger partial charge in [0.25, 0.3) is 0 Å². The Morgan fingerprint density at radius 2 is 1.65 bits per heavy atom. The van der Waals surface area contributed by atoms with E-state index in [1.54, 1.807) is 13.8 Å². The molecule has 0 saturated heterocycles. The van der Waals surface area contributed by atoms with E-state index in [0.29, 0.717) is 12.8 Å². The van der Waals surface area contributed by atoms with Crippen LogP contribution < -0.4 is 0 Å². The maximum Gasteiger partial charge on any atom is 0.303 e. The zero-order valence-electron chi connectivity index (χ0n) is 25.3. The van der Waals surface area contributed by atoms with Gasteiger partial charge in [-0.2, -0.15) is 0 Å². The number of ether oxygens (including phenoxy) is 1. The number of aliphatic hydroxyl groups excluding tert-OH is 2. The Hall–Kier alpha value is -2.16. The fraction of sp³-hybridized carbons (Fsp3) is 0.750. The smallest absolute Gasteiger partial charge is 0.303 e.